The Hall–Kier alpha value is -3.23. The summed E-state index contributed by atoms with van der Waals surface area (Å²) < 4.78 is 49.7. The fraction of sp³-hybridized carbons (Fsp3) is 0.300. The zero-order valence-corrected chi connectivity index (χ0v) is 16.2. The highest BCUT2D eigenvalue weighted by atomic mass is 19.4. The van der Waals surface area contributed by atoms with E-state index in [2.05, 4.69) is 5.32 Å². The lowest BCUT2D eigenvalue weighted by Crippen LogP contribution is -2.35. The third-order valence-electron chi connectivity index (χ3n) is 3.94. The minimum atomic E-state index is -4.61. The van der Waals surface area contributed by atoms with Crippen LogP contribution in [0.3, 0.4) is 0 Å². The number of amides is 2. The molecule has 0 aliphatic carbocycles. The average Bonchev–Trinajstić information content (AvgIpc) is 2.67. The summed E-state index contributed by atoms with van der Waals surface area (Å²) in [4.78, 5) is 25.8. The van der Waals surface area contributed by atoms with Crippen LogP contribution in [0.2, 0.25) is 0 Å². The zero-order chi connectivity index (χ0) is 21.6. The highest BCUT2D eigenvalue weighted by Gasteiger charge is 2.33. The van der Waals surface area contributed by atoms with E-state index in [0.717, 1.165) is 17.0 Å². The Kier molecular flexibility index (Phi) is 7.08. The van der Waals surface area contributed by atoms with Crippen LogP contribution < -0.4 is 14.8 Å². The van der Waals surface area contributed by atoms with Crippen molar-refractivity contribution in [2.24, 2.45) is 0 Å². The molecule has 29 heavy (non-hydrogen) atoms. The third kappa shape index (κ3) is 5.63. The molecular formula is C20H21F3N2O4. The molecule has 2 amide bonds. The Morgan fingerprint density at radius 1 is 1.10 bits per heavy atom. The Labute approximate surface area is 166 Å². The molecule has 0 spiro atoms. The molecule has 2 aromatic rings. The second kappa shape index (κ2) is 9.31. The molecule has 0 saturated heterocycles. The van der Waals surface area contributed by atoms with Crippen LogP contribution in [0, 0.1) is 0 Å². The molecule has 0 saturated carbocycles. The number of methoxy groups -OCH3 is 1. The molecular weight excluding hydrogens is 389 g/mol. The largest absolute Gasteiger partial charge is 0.493 e. The molecule has 0 heterocycles. The van der Waals surface area contributed by atoms with E-state index in [-0.39, 0.29) is 11.3 Å². The summed E-state index contributed by atoms with van der Waals surface area (Å²) in [6.07, 6.45) is -4.61. The first-order valence-corrected chi connectivity index (χ1v) is 8.69. The summed E-state index contributed by atoms with van der Waals surface area (Å²) in [6.45, 7) is 1.80. The first-order valence-electron chi connectivity index (χ1n) is 8.69. The zero-order valence-electron chi connectivity index (χ0n) is 16.2. The Morgan fingerprint density at radius 2 is 1.79 bits per heavy atom. The van der Waals surface area contributed by atoms with Crippen molar-refractivity contribution in [3.05, 3.63) is 53.6 Å². The van der Waals surface area contributed by atoms with Crippen molar-refractivity contribution < 1.29 is 32.2 Å². The van der Waals surface area contributed by atoms with E-state index in [4.69, 9.17) is 9.47 Å². The molecule has 0 radical (unpaired) electrons. The number of nitrogens with one attached hydrogen (secondary N) is 1. The van der Waals surface area contributed by atoms with Crippen molar-refractivity contribution in [2.45, 2.75) is 13.1 Å². The molecule has 0 atom stereocenters. The average molecular weight is 410 g/mol. The number of carbonyl (C=O) groups is 2. The normalized spacial score (nSPS) is 11.0. The standard InChI is InChI=1S/C20H21F3N2O4/c1-4-29-16-10-9-13(11-17(16)28-3)19(27)25(2)12-18(26)24-15-8-6-5-7-14(15)20(21,22)23/h5-11H,4,12H2,1-3H3,(H,24,26). The summed E-state index contributed by atoms with van der Waals surface area (Å²) in [5, 5.41) is 2.21. The van der Waals surface area contributed by atoms with Crippen LogP contribution in [0.25, 0.3) is 0 Å². The van der Waals surface area contributed by atoms with E-state index in [1.165, 1.54) is 38.4 Å². The number of carbonyl (C=O) groups excluding carboxylic acids is 2. The summed E-state index contributed by atoms with van der Waals surface area (Å²) >= 11 is 0. The van der Waals surface area contributed by atoms with Crippen LogP contribution in [0.1, 0.15) is 22.8 Å². The van der Waals surface area contributed by atoms with Gasteiger partial charge < -0.3 is 19.7 Å². The number of ether oxygens (including phenoxy) is 2. The van der Waals surface area contributed by atoms with Crippen LogP contribution in [0.5, 0.6) is 11.5 Å². The molecule has 156 valence electrons. The van der Waals surface area contributed by atoms with Gasteiger partial charge in [0.1, 0.15) is 0 Å². The van der Waals surface area contributed by atoms with Gasteiger partial charge >= 0.3 is 6.18 Å². The quantitative estimate of drug-likeness (QED) is 0.754. The second-order valence-corrected chi connectivity index (χ2v) is 6.05. The van der Waals surface area contributed by atoms with E-state index >= 15 is 0 Å². The first kappa shape index (κ1) is 22.1. The SMILES string of the molecule is CCOc1ccc(C(=O)N(C)CC(=O)Nc2ccccc2C(F)(F)F)cc1OC. The fourth-order valence-electron chi connectivity index (χ4n) is 2.61. The third-order valence-corrected chi connectivity index (χ3v) is 3.94. The number of benzene rings is 2. The van der Waals surface area contributed by atoms with Crippen LogP contribution in [0.4, 0.5) is 18.9 Å². The van der Waals surface area contributed by atoms with Crippen LogP contribution in [-0.4, -0.2) is 44.0 Å². The molecule has 0 fully saturated rings. The maximum atomic E-state index is 13.0. The van der Waals surface area contributed by atoms with E-state index in [0.29, 0.717) is 18.1 Å². The van der Waals surface area contributed by atoms with Gasteiger partial charge in [-0.15, -0.1) is 0 Å². The Bertz CT molecular complexity index is 884. The highest BCUT2D eigenvalue weighted by Crippen LogP contribution is 2.34. The number of nitrogens with zero attached hydrogens (tertiary/aromatic N) is 1. The molecule has 1 N–H and O–H groups in total. The van der Waals surface area contributed by atoms with Gasteiger partial charge in [-0.1, -0.05) is 12.1 Å². The van der Waals surface area contributed by atoms with Gasteiger partial charge in [0.15, 0.2) is 11.5 Å². The van der Waals surface area contributed by atoms with E-state index in [1.807, 2.05) is 6.92 Å². The molecule has 0 aliphatic rings. The molecule has 2 rings (SSSR count). The van der Waals surface area contributed by atoms with E-state index in [1.54, 1.807) is 6.07 Å². The van der Waals surface area contributed by atoms with Gasteiger partial charge in [0.25, 0.3) is 5.91 Å². The summed E-state index contributed by atoms with van der Waals surface area (Å²) in [6, 6.07) is 9.20. The van der Waals surface area contributed by atoms with E-state index in [9.17, 15) is 22.8 Å². The summed E-state index contributed by atoms with van der Waals surface area (Å²) in [5.74, 6) is -0.425. The maximum Gasteiger partial charge on any atom is 0.418 e. The fourth-order valence-corrected chi connectivity index (χ4v) is 2.61. The van der Waals surface area contributed by atoms with Gasteiger partial charge in [-0.3, -0.25) is 9.59 Å². The van der Waals surface area contributed by atoms with Gasteiger partial charge in [-0.05, 0) is 37.3 Å². The van der Waals surface area contributed by atoms with Gasteiger partial charge in [0.05, 0.1) is 31.5 Å². The number of rotatable bonds is 7. The van der Waals surface area contributed by atoms with Gasteiger partial charge in [0, 0.05) is 12.6 Å². The van der Waals surface area contributed by atoms with Crippen molar-refractivity contribution in [1.29, 1.82) is 0 Å². The second-order valence-electron chi connectivity index (χ2n) is 6.05. The van der Waals surface area contributed by atoms with Crippen molar-refractivity contribution in [3.8, 4) is 11.5 Å². The van der Waals surface area contributed by atoms with E-state index < -0.39 is 30.1 Å². The number of hydrogen-bond donors (Lipinski definition) is 1. The smallest absolute Gasteiger partial charge is 0.418 e. The summed E-state index contributed by atoms with van der Waals surface area (Å²) in [7, 11) is 2.81. The van der Waals surface area contributed by atoms with Gasteiger partial charge in [-0.2, -0.15) is 13.2 Å². The lowest BCUT2D eigenvalue weighted by molar-refractivity contribution is -0.137. The number of likely N-dealkylation sites (N-methyl/N-ethyl adjacent to an activating group) is 1. The molecule has 0 bridgehead atoms. The molecule has 9 heteroatoms. The van der Waals surface area contributed by atoms with Crippen molar-refractivity contribution in [1.82, 2.24) is 4.90 Å². The monoisotopic (exact) mass is 410 g/mol. The highest BCUT2D eigenvalue weighted by molar-refractivity contribution is 5.99. The van der Waals surface area contributed by atoms with Crippen molar-refractivity contribution in [2.75, 3.05) is 32.6 Å². The lowest BCUT2D eigenvalue weighted by Gasteiger charge is -2.19. The number of hydrogen-bond acceptors (Lipinski definition) is 4. The van der Waals surface area contributed by atoms with Gasteiger partial charge in [-0.25, -0.2) is 0 Å². The van der Waals surface area contributed by atoms with Crippen molar-refractivity contribution in [3.63, 3.8) is 0 Å². The Morgan fingerprint density at radius 3 is 2.41 bits per heavy atom. The summed E-state index contributed by atoms with van der Waals surface area (Å²) in [5.41, 5.74) is -1.08. The lowest BCUT2D eigenvalue weighted by atomic mass is 10.1. The number of halogens is 3. The molecule has 6 nitrogen and oxygen atoms in total. The van der Waals surface area contributed by atoms with Crippen LogP contribution >= 0.6 is 0 Å². The molecule has 0 aromatic heterocycles. The molecule has 0 unspecified atom stereocenters. The minimum Gasteiger partial charge on any atom is -0.493 e. The predicted molar refractivity (Wildman–Crippen MR) is 101 cm³/mol. The van der Waals surface area contributed by atoms with Gasteiger partial charge in [0.2, 0.25) is 5.91 Å². The molecule has 2 aromatic carbocycles. The maximum absolute atomic E-state index is 13.0. The minimum absolute atomic E-state index is 0.247. The number of alkyl halides is 3. The topological polar surface area (TPSA) is 67.9 Å². The number of anilines is 1. The Balaban J connectivity index is 2.09. The van der Waals surface area contributed by atoms with Crippen molar-refractivity contribution >= 4 is 17.5 Å². The van der Waals surface area contributed by atoms with Crippen LogP contribution in [-0.2, 0) is 11.0 Å². The molecule has 0 aliphatic heterocycles. The van der Waals surface area contributed by atoms with Crippen LogP contribution in [0.15, 0.2) is 42.5 Å². The number of para-hydroxylation sites is 1. The first-order chi connectivity index (χ1) is 13.7. The predicted octanol–water partition coefficient (Wildman–Crippen LogP) is 3.82.